The quantitative estimate of drug-likeness (QED) is 0.833. The average Bonchev–Trinajstić information content (AvgIpc) is 2.69. The zero-order valence-electron chi connectivity index (χ0n) is 12.9. The Morgan fingerprint density at radius 1 is 0.950 bits per heavy atom. The van der Waals surface area contributed by atoms with E-state index in [4.69, 9.17) is 0 Å². The van der Waals surface area contributed by atoms with Crippen molar-refractivity contribution < 1.29 is 0 Å². The molecule has 0 amide bonds. The van der Waals surface area contributed by atoms with Crippen LogP contribution in [0.15, 0.2) is 24.3 Å². The van der Waals surface area contributed by atoms with Gasteiger partial charge in [0.25, 0.3) is 0 Å². The molecule has 1 aromatic rings. The maximum Gasteiger partial charge on any atom is 0.0234 e. The third kappa shape index (κ3) is 3.42. The fourth-order valence-electron chi connectivity index (χ4n) is 3.73. The highest BCUT2D eigenvalue weighted by atomic mass is 15.2. The molecular formula is C18H28N2. The Morgan fingerprint density at radius 3 is 2.50 bits per heavy atom. The molecule has 1 aromatic carbocycles. The van der Waals surface area contributed by atoms with Gasteiger partial charge in [-0.25, -0.2) is 0 Å². The molecule has 0 aromatic heterocycles. The molecule has 2 heteroatoms. The summed E-state index contributed by atoms with van der Waals surface area (Å²) >= 11 is 0. The first-order valence-electron chi connectivity index (χ1n) is 8.39. The number of fused-ring (bicyclic) bond motifs is 1. The standard InChI is InChI=1S/C18H28N2/c1-2-16-7-9-17(10-8-16)14-19-11-5-13-20-12-4-3-6-18(20)15-19/h7-10,18H,2-6,11-15H2,1H3. The van der Waals surface area contributed by atoms with Crippen LogP contribution in [-0.4, -0.2) is 42.0 Å². The summed E-state index contributed by atoms with van der Waals surface area (Å²) in [5.74, 6) is 0. The molecule has 0 bridgehead atoms. The Balaban J connectivity index is 1.61. The van der Waals surface area contributed by atoms with Crippen molar-refractivity contribution in [3.05, 3.63) is 35.4 Å². The monoisotopic (exact) mass is 272 g/mol. The molecule has 2 saturated heterocycles. The van der Waals surface area contributed by atoms with Crippen LogP contribution in [0.1, 0.15) is 43.7 Å². The lowest BCUT2D eigenvalue weighted by Crippen LogP contribution is -2.43. The predicted octanol–water partition coefficient (Wildman–Crippen LogP) is 3.31. The van der Waals surface area contributed by atoms with Crippen LogP contribution < -0.4 is 0 Å². The zero-order chi connectivity index (χ0) is 13.8. The number of nitrogens with zero attached hydrogens (tertiary/aromatic N) is 2. The van der Waals surface area contributed by atoms with Gasteiger partial charge in [0, 0.05) is 19.1 Å². The van der Waals surface area contributed by atoms with Crippen molar-refractivity contribution in [3.8, 4) is 0 Å². The van der Waals surface area contributed by atoms with Gasteiger partial charge >= 0.3 is 0 Å². The van der Waals surface area contributed by atoms with E-state index in [1.165, 1.54) is 63.0 Å². The smallest absolute Gasteiger partial charge is 0.0234 e. The molecule has 3 rings (SSSR count). The van der Waals surface area contributed by atoms with Crippen molar-refractivity contribution in [1.82, 2.24) is 9.80 Å². The van der Waals surface area contributed by atoms with Crippen LogP contribution in [0.5, 0.6) is 0 Å². The van der Waals surface area contributed by atoms with Crippen LogP contribution in [-0.2, 0) is 13.0 Å². The van der Waals surface area contributed by atoms with Crippen LogP contribution in [0.4, 0.5) is 0 Å². The lowest BCUT2D eigenvalue weighted by atomic mass is 10.0. The molecule has 0 aliphatic carbocycles. The number of benzene rings is 1. The van der Waals surface area contributed by atoms with E-state index in [1.807, 2.05) is 0 Å². The van der Waals surface area contributed by atoms with Crippen molar-refractivity contribution in [2.75, 3.05) is 26.2 Å². The van der Waals surface area contributed by atoms with Gasteiger partial charge in [0.15, 0.2) is 0 Å². The molecule has 1 unspecified atom stereocenters. The predicted molar refractivity (Wildman–Crippen MR) is 84.9 cm³/mol. The largest absolute Gasteiger partial charge is 0.299 e. The number of hydrogen-bond acceptors (Lipinski definition) is 2. The maximum absolute atomic E-state index is 2.74. The Kier molecular flexibility index (Phi) is 4.74. The third-order valence-electron chi connectivity index (χ3n) is 4.98. The van der Waals surface area contributed by atoms with E-state index in [9.17, 15) is 0 Å². The lowest BCUT2D eigenvalue weighted by Gasteiger charge is -2.35. The fourth-order valence-corrected chi connectivity index (χ4v) is 3.73. The van der Waals surface area contributed by atoms with E-state index in [0.29, 0.717) is 0 Å². The Hall–Kier alpha value is -0.860. The summed E-state index contributed by atoms with van der Waals surface area (Å²) in [6.07, 6.45) is 6.73. The van der Waals surface area contributed by atoms with E-state index >= 15 is 0 Å². The van der Waals surface area contributed by atoms with Crippen LogP contribution in [0.3, 0.4) is 0 Å². The highest BCUT2D eigenvalue weighted by Gasteiger charge is 2.26. The van der Waals surface area contributed by atoms with Crippen LogP contribution in [0.25, 0.3) is 0 Å². The van der Waals surface area contributed by atoms with Gasteiger partial charge in [0.1, 0.15) is 0 Å². The molecule has 2 nitrogen and oxygen atoms in total. The van der Waals surface area contributed by atoms with Crippen molar-refractivity contribution in [2.45, 2.75) is 51.6 Å². The second-order valence-electron chi connectivity index (χ2n) is 6.44. The first-order valence-corrected chi connectivity index (χ1v) is 8.39. The summed E-state index contributed by atoms with van der Waals surface area (Å²) < 4.78 is 0. The van der Waals surface area contributed by atoms with Crippen LogP contribution >= 0.6 is 0 Å². The summed E-state index contributed by atoms with van der Waals surface area (Å²) in [6.45, 7) is 8.55. The van der Waals surface area contributed by atoms with E-state index in [-0.39, 0.29) is 0 Å². The Morgan fingerprint density at radius 2 is 1.70 bits per heavy atom. The van der Waals surface area contributed by atoms with Crippen molar-refractivity contribution in [2.24, 2.45) is 0 Å². The second kappa shape index (κ2) is 6.73. The van der Waals surface area contributed by atoms with Crippen molar-refractivity contribution in [1.29, 1.82) is 0 Å². The van der Waals surface area contributed by atoms with Crippen molar-refractivity contribution >= 4 is 0 Å². The molecule has 2 fully saturated rings. The maximum atomic E-state index is 2.74. The van der Waals surface area contributed by atoms with Crippen molar-refractivity contribution in [3.63, 3.8) is 0 Å². The normalized spacial score (nSPS) is 25.1. The molecule has 110 valence electrons. The highest BCUT2D eigenvalue weighted by molar-refractivity contribution is 5.22. The van der Waals surface area contributed by atoms with Gasteiger partial charge in [-0.1, -0.05) is 37.6 Å². The van der Waals surface area contributed by atoms with E-state index in [1.54, 1.807) is 0 Å². The average molecular weight is 272 g/mol. The second-order valence-corrected chi connectivity index (χ2v) is 6.44. The number of aryl methyl sites for hydroxylation is 1. The van der Waals surface area contributed by atoms with Gasteiger partial charge < -0.3 is 0 Å². The summed E-state index contributed by atoms with van der Waals surface area (Å²) in [5.41, 5.74) is 2.93. The minimum Gasteiger partial charge on any atom is -0.299 e. The van der Waals surface area contributed by atoms with E-state index < -0.39 is 0 Å². The minimum absolute atomic E-state index is 0.821. The van der Waals surface area contributed by atoms with Gasteiger partial charge in [-0.2, -0.15) is 0 Å². The first kappa shape index (κ1) is 14.1. The molecule has 2 aliphatic rings. The topological polar surface area (TPSA) is 6.48 Å². The number of hydrogen-bond donors (Lipinski definition) is 0. The molecule has 0 radical (unpaired) electrons. The minimum atomic E-state index is 0.821. The molecule has 1 atom stereocenters. The Labute approximate surface area is 123 Å². The van der Waals surface area contributed by atoms with Crippen LogP contribution in [0.2, 0.25) is 0 Å². The number of piperidine rings is 1. The molecular weight excluding hydrogens is 244 g/mol. The molecule has 20 heavy (non-hydrogen) atoms. The van der Waals surface area contributed by atoms with Gasteiger partial charge in [0.05, 0.1) is 0 Å². The molecule has 0 spiro atoms. The molecule has 0 N–H and O–H groups in total. The fraction of sp³-hybridized carbons (Fsp3) is 0.667. The first-order chi connectivity index (χ1) is 9.85. The summed E-state index contributed by atoms with van der Waals surface area (Å²) in [7, 11) is 0. The van der Waals surface area contributed by atoms with Gasteiger partial charge in [-0.3, -0.25) is 9.80 Å². The third-order valence-corrected chi connectivity index (χ3v) is 4.98. The van der Waals surface area contributed by atoms with E-state index in [0.717, 1.165) is 19.0 Å². The van der Waals surface area contributed by atoms with Crippen LogP contribution in [0, 0.1) is 0 Å². The zero-order valence-corrected chi connectivity index (χ0v) is 12.9. The summed E-state index contributed by atoms with van der Waals surface area (Å²) in [6, 6.07) is 10.0. The van der Waals surface area contributed by atoms with Gasteiger partial charge in [-0.15, -0.1) is 0 Å². The Bertz CT molecular complexity index is 412. The SMILES string of the molecule is CCc1ccc(CN2CCCN3CCCCC3C2)cc1. The summed E-state index contributed by atoms with van der Waals surface area (Å²) in [5, 5.41) is 0. The molecule has 2 aliphatic heterocycles. The molecule has 2 heterocycles. The van der Waals surface area contributed by atoms with Gasteiger partial charge in [0.2, 0.25) is 0 Å². The summed E-state index contributed by atoms with van der Waals surface area (Å²) in [4.78, 5) is 5.42. The lowest BCUT2D eigenvalue weighted by molar-refractivity contribution is 0.135. The highest BCUT2D eigenvalue weighted by Crippen LogP contribution is 2.22. The van der Waals surface area contributed by atoms with Gasteiger partial charge in [-0.05, 0) is 56.4 Å². The molecule has 0 saturated carbocycles. The van der Waals surface area contributed by atoms with E-state index in [2.05, 4.69) is 41.0 Å². The number of rotatable bonds is 3.